The van der Waals surface area contributed by atoms with Crippen LogP contribution in [0.3, 0.4) is 0 Å². The van der Waals surface area contributed by atoms with Crippen molar-refractivity contribution in [1.82, 2.24) is 4.98 Å². The van der Waals surface area contributed by atoms with Gasteiger partial charge in [-0.3, -0.25) is 14.7 Å². The molecule has 2 N–H and O–H groups in total. The molecule has 1 heterocycles. The maximum absolute atomic E-state index is 12.3. The monoisotopic (exact) mass is 412 g/mol. The van der Waals surface area contributed by atoms with E-state index in [1.807, 2.05) is 69.3 Å². The van der Waals surface area contributed by atoms with Crippen molar-refractivity contribution in [2.75, 3.05) is 11.9 Å². The number of carbonyl (C=O) groups excluding carboxylic acids is 1. The van der Waals surface area contributed by atoms with E-state index in [-0.39, 0.29) is 10.8 Å². The van der Waals surface area contributed by atoms with Crippen LogP contribution in [0, 0.1) is 0 Å². The Morgan fingerprint density at radius 1 is 1.14 bits per heavy atom. The molecule has 152 valence electrons. The summed E-state index contributed by atoms with van der Waals surface area (Å²) in [5, 5.41) is 9.74. The lowest BCUT2D eigenvalue weighted by atomic mass is 10.0. The molecule has 0 unspecified atom stereocenters. The maximum Gasteiger partial charge on any atom is 0.414 e. The highest BCUT2D eigenvalue weighted by molar-refractivity contribution is 7.09. The van der Waals surface area contributed by atoms with Gasteiger partial charge >= 0.3 is 11.0 Å². The van der Waals surface area contributed by atoms with E-state index in [0.29, 0.717) is 11.3 Å². The van der Waals surface area contributed by atoms with Gasteiger partial charge in [0.25, 0.3) is 0 Å². The molecule has 1 amide bonds. The van der Waals surface area contributed by atoms with Crippen molar-refractivity contribution in [3.05, 3.63) is 68.6 Å². The third kappa shape index (κ3) is 5.26. The summed E-state index contributed by atoms with van der Waals surface area (Å²) in [5.74, 6) is -0.0676. The van der Waals surface area contributed by atoms with E-state index >= 15 is 0 Å². The third-order valence-corrected chi connectivity index (χ3v) is 5.12. The van der Waals surface area contributed by atoms with E-state index in [1.54, 1.807) is 7.05 Å². The fourth-order valence-corrected chi connectivity index (χ4v) is 3.56. The fraction of sp³-hybridized carbons (Fsp3) is 0.273. The first kappa shape index (κ1) is 20.7. The number of rotatable bonds is 4. The van der Waals surface area contributed by atoms with Crippen molar-refractivity contribution in [2.24, 2.45) is 0 Å². The number of nitrogens with one attached hydrogen (secondary N) is 1. The summed E-state index contributed by atoms with van der Waals surface area (Å²) in [5.41, 5.74) is 3.14. The van der Waals surface area contributed by atoms with Gasteiger partial charge in [-0.1, -0.05) is 47.7 Å². The van der Waals surface area contributed by atoms with Crippen molar-refractivity contribution in [1.29, 1.82) is 0 Å². The number of nitrogens with zero attached hydrogens (tertiary/aromatic N) is 1. The lowest BCUT2D eigenvalue weighted by Gasteiger charge is -2.25. The number of anilines is 1. The van der Waals surface area contributed by atoms with E-state index in [1.165, 1.54) is 4.90 Å². The summed E-state index contributed by atoms with van der Waals surface area (Å²) in [4.78, 5) is 27.8. The molecule has 0 aliphatic rings. The molecule has 0 saturated carbocycles. The Morgan fingerprint density at radius 3 is 2.41 bits per heavy atom. The highest BCUT2D eigenvalue weighted by atomic mass is 32.1. The number of carbonyl (C=O) groups is 1. The summed E-state index contributed by atoms with van der Waals surface area (Å²) in [6.45, 7) is 5.51. The Bertz CT molecular complexity index is 1060. The Kier molecular flexibility index (Phi) is 5.79. The van der Waals surface area contributed by atoms with E-state index in [0.717, 1.165) is 33.7 Å². The zero-order chi connectivity index (χ0) is 21.2. The SMILES string of the molecule is CN(C(=O)OC(C)(C)C)c1cccc(-c2ccc(Cc3sc(=O)[nH]c3O)cc2)c1. The Balaban J connectivity index is 1.77. The molecule has 2 aromatic carbocycles. The smallest absolute Gasteiger partial charge is 0.414 e. The van der Waals surface area contributed by atoms with Gasteiger partial charge in [0.1, 0.15) is 5.60 Å². The molecule has 0 spiro atoms. The molecule has 0 aliphatic carbocycles. The van der Waals surface area contributed by atoms with Gasteiger partial charge in [0.2, 0.25) is 5.88 Å². The van der Waals surface area contributed by atoms with E-state index in [2.05, 4.69) is 4.98 Å². The molecule has 3 aromatic rings. The number of hydrogen-bond acceptors (Lipinski definition) is 5. The van der Waals surface area contributed by atoms with Gasteiger partial charge in [0.05, 0.1) is 4.88 Å². The van der Waals surface area contributed by atoms with Crippen LogP contribution in [-0.4, -0.2) is 28.8 Å². The number of benzene rings is 2. The van der Waals surface area contributed by atoms with Gasteiger partial charge in [-0.15, -0.1) is 0 Å². The minimum atomic E-state index is -0.555. The summed E-state index contributed by atoms with van der Waals surface area (Å²) in [7, 11) is 1.69. The highest BCUT2D eigenvalue weighted by Crippen LogP contribution is 2.27. The number of amides is 1. The summed E-state index contributed by atoms with van der Waals surface area (Å²) >= 11 is 1.01. The van der Waals surface area contributed by atoms with Crippen molar-refractivity contribution in [3.63, 3.8) is 0 Å². The molecule has 0 atom stereocenters. The molecule has 0 fully saturated rings. The summed E-state index contributed by atoms with van der Waals surface area (Å²) < 4.78 is 5.43. The standard InChI is InChI=1S/C22H24N2O4S/c1-22(2,3)28-21(27)24(4)17-7-5-6-16(13-17)15-10-8-14(9-11-15)12-18-19(25)23-20(26)29-18/h5-11,13,25H,12H2,1-4H3,(H,23,26). The van der Waals surface area contributed by atoms with Gasteiger partial charge in [0, 0.05) is 19.2 Å². The Labute approximate surface area is 173 Å². The topological polar surface area (TPSA) is 82.6 Å². The lowest BCUT2D eigenvalue weighted by Crippen LogP contribution is -2.34. The minimum absolute atomic E-state index is 0.0676. The van der Waals surface area contributed by atoms with E-state index in [4.69, 9.17) is 4.74 Å². The number of aromatic amines is 1. The number of ether oxygens (including phenoxy) is 1. The van der Waals surface area contributed by atoms with Crippen LogP contribution >= 0.6 is 11.3 Å². The minimum Gasteiger partial charge on any atom is -0.494 e. The fourth-order valence-electron chi connectivity index (χ4n) is 2.80. The third-order valence-electron chi connectivity index (χ3n) is 4.25. The number of aromatic hydroxyl groups is 1. The van der Waals surface area contributed by atoms with Gasteiger partial charge in [-0.2, -0.15) is 0 Å². The van der Waals surface area contributed by atoms with Gasteiger partial charge in [0.15, 0.2) is 0 Å². The van der Waals surface area contributed by atoms with Crippen LogP contribution < -0.4 is 9.77 Å². The largest absolute Gasteiger partial charge is 0.494 e. The number of H-pyrrole nitrogens is 1. The number of hydrogen-bond donors (Lipinski definition) is 2. The second-order valence-electron chi connectivity index (χ2n) is 7.75. The first-order chi connectivity index (χ1) is 13.6. The Hall–Kier alpha value is -3.06. The normalized spacial score (nSPS) is 11.3. The van der Waals surface area contributed by atoms with Crippen LogP contribution in [0.2, 0.25) is 0 Å². The molecule has 0 saturated heterocycles. The van der Waals surface area contributed by atoms with Crippen LogP contribution in [-0.2, 0) is 11.2 Å². The van der Waals surface area contributed by atoms with Gasteiger partial charge in [-0.05, 0) is 49.6 Å². The quantitative estimate of drug-likeness (QED) is 0.647. The molecule has 0 bridgehead atoms. The average Bonchev–Trinajstić information content (AvgIpc) is 2.97. The second kappa shape index (κ2) is 8.13. The Morgan fingerprint density at radius 2 is 1.83 bits per heavy atom. The van der Waals surface area contributed by atoms with Crippen molar-refractivity contribution < 1.29 is 14.6 Å². The van der Waals surface area contributed by atoms with Crippen LogP contribution in [0.1, 0.15) is 31.2 Å². The zero-order valence-corrected chi connectivity index (χ0v) is 17.7. The average molecular weight is 413 g/mol. The van der Waals surface area contributed by atoms with Crippen molar-refractivity contribution in [3.8, 4) is 17.0 Å². The first-order valence-electron chi connectivity index (χ1n) is 9.19. The van der Waals surface area contributed by atoms with Crippen LogP contribution in [0.25, 0.3) is 11.1 Å². The lowest BCUT2D eigenvalue weighted by molar-refractivity contribution is 0.0589. The zero-order valence-electron chi connectivity index (χ0n) is 16.9. The molecule has 3 rings (SSSR count). The second-order valence-corrected chi connectivity index (χ2v) is 8.82. The van der Waals surface area contributed by atoms with Crippen LogP contribution in [0.5, 0.6) is 5.88 Å². The summed E-state index contributed by atoms with van der Waals surface area (Å²) in [6.07, 6.45) is 0.0759. The van der Waals surface area contributed by atoms with Crippen LogP contribution in [0.15, 0.2) is 53.3 Å². The van der Waals surface area contributed by atoms with E-state index < -0.39 is 11.7 Å². The molecule has 6 nitrogen and oxygen atoms in total. The van der Waals surface area contributed by atoms with Crippen LogP contribution in [0.4, 0.5) is 10.5 Å². The van der Waals surface area contributed by atoms with Gasteiger partial charge in [-0.25, -0.2) is 4.79 Å². The molecule has 0 radical (unpaired) electrons. The highest BCUT2D eigenvalue weighted by Gasteiger charge is 2.20. The predicted octanol–water partition coefficient (Wildman–Crippen LogP) is 4.77. The first-order valence-corrected chi connectivity index (χ1v) is 10.0. The molecule has 0 aliphatic heterocycles. The van der Waals surface area contributed by atoms with E-state index in [9.17, 15) is 14.7 Å². The molecular weight excluding hydrogens is 388 g/mol. The molecule has 29 heavy (non-hydrogen) atoms. The van der Waals surface area contributed by atoms with Gasteiger partial charge < -0.3 is 9.84 Å². The van der Waals surface area contributed by atoms with Crippen molar-refractivity contribution >= 4 is 23.1 Å². The predicted molar refractivity (Wildman–Crippen MR) is 116 cm³/mol. The maximum atomic E-state index is 12.3. The number of aromatic nitrogens is 1. The molecular formula is C22H24N2O4S. The van der Waals surface area contributed by atoms with Crippen molar-refractivity contribution in [2.45, 2.75) is 32.8 Å². The number of thiazole rings is 1. The summed E-state index contributed by atoms with van der Waals surface area (Å²) in [6, 6.07) is 15.6. The molecule has 7 heteroatoms. The molecule has 1 aromatic heterocycles.